The molecule has 0 N–H and O–H groups in total. The monoisotopic (exact) mass is 358 g/mol. The van der Waals surface area contributed by atoms with Crippen LogP contribution in [0, 0.1) is 34.5 Å². The highest BCUT2D eigenvalue weighted by atomic mass is 16.5. The van der Waals surface area contributed by atoms with Crippen molar-refractivity contribution in [3.8, 4) is 0 Å². The Balaban J connectivity index is 1.59. The Kier molecular flexibility index (Phi) is 4.36. The Hall–Kier alpha value is -1.12. The number of fused-ring (bicyclic) bond motifs is 5. The van der Waals surface area contributed by atoms with E-state index in [1.165, 1.54) is 44.6 Å². The molecule has 0 heterocycles. The van der Waals surface area contributed by atoms with Gasteiger partial charge in [-0.15, -0.1) is 0 Å². The van der Waals surface area contributed by atoms with Gasteiger partial charge < -0.3 is 4.74 Å². The van der Waals surface area contributed by atoms with Gasteiger partial charge in [-0.05, 0) is 86.5 Å². The van der Waals surface area contributed by atoms with Crippen LogP contribution in [0.15, 0.2) is 11.6 Å². The predicted octanol–water partition coefficient (Wildman–Crippen LogP) is 5.09. The van der Waals surface area contributed by atoms with Gasteiger partial charge in [-0.25, -0.2) is 0 Å². The van der Waals surface area contributed by atoms with Gasteiger partial charge in [0.25, 0.3) is 0 Å². The summed E-state index contributed by atoms with van der Waals surface area (Å²) in [5, 5.41) is 0. The van der Waals surface area contributed by atoms with Gasteiger partial charge in [-0.2, -0.15) is 0 Å². The molecule has 0 saturated heterocycles. The van der Waals surface area contributed by atoms with Crippen LogP contribution in [0.1, 0.15) is 79.1 Å². The molecule has 4 rings (SSSR count). The van der Waals surface area contributed by atoms with Gasteiger partial charge in [0, 0.05) is 19.3 Å². The van der Waals surface area contributed by atoms with Crippen molar-refractivity contribution in [3.05, 3.63) is 11.6 Å². The first-order valence-electron chi connectivity index (χ1n) is 10.7. The fourth-order valence-electron chi connectivity index (χ4n) is 7.71. The topological polar surface area (TPSA) is 43.4 Å². The molecule has 144 valence electrons. The molecule has 0 spiro atoms. The number of allylic oxidation sites excluding steroid dienone is 1. The van der Waals surface area contributed by atoms with Gasteiger partial charge in [0.05, 0.1) is 0 Å². The normalized spacial score (nSPS) is 45.8. The molecule has 3 fully saturated rings. The van der Waals surface area contributed by atoms with E-state index in [1.807, 2.05) is 6.08 Å². The lowest BCUT2D eigenvalue weighted by Crippen LogP contribution is -2.51. The second kappa shape index (κ2) is 6.21. The maximum atomic E-state index is 11.9. The Morgan fingerprint density at radius 3 is 2.62 bits per heavy atom. The third-order valence-corrected chi connectivity index (χ3v) is 8.95. The van der Waals surface area contributed by atoms with Crippen molar-refractivity contribution >= 4 is 11.8 Å². The molecule has 0 amide bonds. The third kappa shape index (κ3) is 2.60. The Labute approximate surface area is 157 Å². The minimum atomic E-state index is -0.148. The standard InChI is InChI=1S/C23H34O3/c1-14(26-15(2)24)19-7-8-20-18-6-5-16-13-17(25)9-11-22(16,3)21(18)10-12-23(19,20)4/h13-14,18-21H,5-12H2,1-4H3/t14?,18-,19+,20-,21-,22+,23-/m0/s1. The van der Waals surface area contributed by atoms with Crippen LogP contribution in [-0.2, 0) is 14.3 Å². The van der Waals surface area contributed by atoms with Crippen molar-refractivity contribution in [3.63, 3.8) is 0 Å². The van der Waals surface area contributed by atoms with E-state index in [0.717, 1.165) is 37.0 Å². The number of ether oxygens (including phenoxy) is 1. The van der Waals surface area contributed by atoms with Crippen molar-refractivity contribution in [2.75, 3.05) is 0 Å². The summed E-state index contributed by atoms with van der Waals surface area (Å²) in [6.45, 7) is 8.55. The van der Waals surface area contributed by atoms with Crippen LogP contribution >= 0.6 is 0 Å². The van der Waals surface area contributed by atoms with E-state index < -0.39 is 0 Å². The number of hydrogen-bond donors (Lipinski definition) is 0. The zero-order valence-corrected chi connectivity index (χ0v) is 16.8. The molecule has 0 aromatic rings. The molecule has 4 aliphatic rings. The zero-order chi connectivity index (χ0) is 18.7. The summed E-state index contributed by atoms with van der Waals surface area (Å²) in [6.07, 6.45) is 11.1. The maximum Gasteiger partial charge on any atom is 0.302 e. The summed E-state index contributed by atoms with van der Waals surface area (Å²) in [5.74, 6) is 2.95. The molecule has 0 bridgehead atoms. The minimum absolute atomic E-state index is 0.0287. The second-order valence-electron chi connectivity index (χ2n) is 10.0. The molecular formula is C23H34O3. The molecule has 3 heteroatoms. The summed E-state index contributed by atoms with van der Waals surface area (Å²) in [4.78, 5) is 23.4. The van der Waals surface area contributed by atoms with E-state index in [2.05, 4.69) is 20.8 Å². The van der Waals surface area contributed by atoms with Gasteiger partial charge in [-0.1, -0.05) is 19.4 Å². The summed E-state index contributed by atoms with van der Waals surface area (Å²) in [5.41, 5.74) is 2.00. The Morgan fingerprint density at radius 2 is 1.88 bits per heavy atom. The fourth-order valence-corrected chi connectivity index (χ4v) is 7.71. The molecule has 26 heavy (non-hydrogen) atoms. The maximum absolute atomic E-state index is 11.9. The van der Waals surface area contributed by atoms with E-state index in [0.29, 0.717) is 17.1 Å². The largest absolute Gasteiger partial charge is 0.463 e. The fraction of sp³-hybridized carbons (Fsp3) is 0.826. The third-order valence-electron chi connectivity index (χ3n) is 8.95. The first kappa shape index (κ1) is 18.3. The van der Waals surface area contributed by atoms with Crippen LogP contribution in [-0.4, -0.2) is 17.9 Å². The van der Waals surface area contributed by atoms with Gasteiger partial charge in [0.15, 0.2) is 5.78 Å². The summed E-state index contributed by atoms with van der Waals surface area (Å²) in [6, 6.07) is 0. The van der Waals surface area contributed by atoms with Crippen molar-refractivity contribution in [1.82, 2.24) is 0 Å². The van der Waals surface area contributed by atoms with E-state index in [-0.39, 0.29) is 17.5 Å². The van der Waals surface area contributed by atoms with Crippen LogP contribution in [0.25, 0.3) is 0 Å². The molecule has 3 saturated carbocycles. The van der Waals surface area contributed by atoms with E-state index in [4.69, 9.17) is 4.74 Å². The lowest BCUT2D eigenvalue weighted by molar-refractivity contribution is -0.152. The molecule has 0 radical (unpaired) electrons. The van der Waals surface area contributed by atoms with Gasteiger partial charge in [-0.3, -0.25) is 9.59 Å². The summed E-state index contributed by atoms with van der Waals surface area (Å²) >= 11 is 0. The van der Waals surface area contributed by atoms with E-state index in [9.17, 15) is 9.59 Å². The Morgan fingerprint density at radius 1 is 1.12 bits per heavy atom. The zero-order valence-electron chi connectivity index (χ0n) is 16.8. The predicted molar refractivity (Wildman–Crippen MR) is 101 cm³/mol. The lowest BCUT2D eigenvalue weighted by atomic mass is 9.46. The highest BCUT2D eigenvalue weighted by molar-refractivity contribution is 5.91. The summed E-state index contributed by atoms with van der Waals surface area (Å²) in [7, 11) is 0. The quantitative estimate of drug-likeness (QED) is 0.646. The number of esters is 1. The molecule has 0 aliphatic heterocycles. The van der Waals surface area contributed by atoms with Crippen molar-refractivity contribution in [2.24, 2.45) is 34.5 Å². The van der Waals surface area contributed by atoms with Gasteiger partial charge in [0.2, 0.25) is 0 Å². The number of rotatable bonds is 2. The van der Waals surface area contributed by atoms with Crippen LogP contribution in [0.3, 0.4) is 0 Å². The van der Waals surface area contributed by atoms with Crippen LogP contribution in [0.4, 0.5) is 0 Å². The highest BCUT2D eigenvalue weighted by Crippen LogP contribution is 2.67. The first-order chi connectivity index (χ1) is 12.3. The number of carbonyl (C=O) groups is 2. The first-order valence-corrected chi connectivity index (χ1v) is 10.7. The lowest BCUT2D eigenvalue weighted by Gasteiger charge is -2.58. The van der Waals surface area contributed by atoms with Crippen LogP contribution in [0.2, 0.25) is 0 Å². The minimum Gasteiger partial charge on any atom is -0.463 e. The number of hydrogen-bond acceptors (Lipinski definition) is 3. The molecular weight excluding hydrogens is 324 g/mol. The van der Waals surface area contributed by atoms with Crippen molar-refractivity contribution in [1.29, 1.82) is 0 Å². The number of ketones is 1. The molecule has 0 aromatic carbocycles. The molecule has 4 aliphatic carbocycles. The van der Waals surface area contributed by atoms with Crippen molar-refractivity contribution in [2.45, 2.75) is 85.2 Å². The average molecular weight is 359 g/mol. The van der Waals surface area contributed by atoms with Crippen LogP contribution < -0.4 is 0 Å². The van der Waals surface area contributed by atoms with E-state index in [1.54, 1.807) is 0 Å². The van der Waals surface area contributed by atoms with E-state index >= 15 is 0 Å². The van der Waals surface area contributed by atoms with Gasteiger partial charge in [0.1, 0.15) is 6.10 Å². The molecule has 1 unspecified atom stereocenters. The molecule has 0 aromatic heterocycles. The van der Waals surface area contributed by atoms with Crippen LogP contribution in [0.5, 0.6) is 0 Å². The highest BCUT2D eigenvalue weighted by Gasteiger charge is 2.59. The second-order valence-corrected chi connectivity index (χ2v) is 10.0. The Bertz CT molecular complexity index is 650. The van der Waals surface area contributed by atoms with Crippen molar-refractivity contribution < 1.29 is 14.3 Å². The number of carbonyl (C=O) groups excluding carboxylic acids is 2. The summed E-state index contributed by atoms with van der Waals surface area (Å²) < 4.78 is 5.62. The average Bonchev–Trinajstić information content (AvgIpc) is 2.92. The molecule has 7 atom stereocenters. The van der Waals surface area contributed by atoms with Gasteiger partial charge >= 0.3 is 5.97 Å². The SMILES string of the molecule is CC(=O)OC(C)[C@H]1CC[C@H]2[C@@H]3CCC4=CC(=O)CC[C@@]4(C)[C@H]3CC[C@@]12C. The molecule has 3 nitrogen and oxygen atoms in total. The smallest absolute Gasteiger partial charge is 0.302 e.